The zero-order valence-corrected chi connectivity index (χ0v) is 7.69. The highest BCUT2D eigenvalue weighted by atomic mass is 16.5. The van der Waals surface area contributed by atoms with Crippen LogP contribution in [-0.2, 0) is 20.7 Å². The molecule has 6 heteroatoms. The van der Waals surface area contributed by atoms with Gasteiger partial charge < -0.3 is 15.0 Å². The lowest BCUT2D eigenvalue weighted by molar-refractivity contribution is -0.144. The minimum absolute atomic E-state index is 0.339. The number of esters is 1. The second-order valence-corrected chi connectivity index (χ2v) is 2.64. The van der Waals surface area contributed by atoms with Gasteiger partial charge in [0.25, 0.3) is 0 Å². The predicted molar refractivity (Wildman–Crippen MR) is 47.3 cm³/mol. The van der Waals surface area contributed by atoms with Crippen LogP contribution in [-0.4, -0.2) is 35.5 Å². The molecule has 76 valence electrons. The molecule has 0 saturated heterocycles. The Balaban J connectivity index is 2.59. The average Bonchev–Trinajstić information content (AvgIpc) is 2.68. The first kappa shape index (κ1) is 10.2. The summed E-state index contributed by atoms with van der Waals surface area (Å²) in [6.07, 6.45) is 3.90. The fraction of sp³-hybridized carbons (Fsp3) is 0.375. The number of aromatic nitrogens is 2. The van der Waals surface area contributed by atoms with Gasteiger partial charge in [0.05, 0.1) is 13.4 Å². The van der Waals surface area contributed by atoms with Gasteiger partial charge in [-0.25, -0.2) is 9.78 Å². The number of imidazole rings is 1. The quantitative estimate of drug-likeness (QED) is 0.480. The molecule has 1 aromatic heterocycles. The number of hydrogen-bond acceptors (Lipinski definition) is 4. The van der Waals surface area contributed by atoms with Gasteiger partial charge in [-0.3, -0.25) is 4.79 Å². The Morgan fingerprint density at radius 1 is 1.86 bits per heavy atom. The van der Waals surface area contributed by atoms with Crippen molar-refractivity contribution in [1.29, 1.82) is 0 Å². The maximum absolute atomic E-state index is 11.2. The van der Waals surface area contributed by atoms with Crippen molar-refractivity contribution in [2.75, 3.05) is 7.11 Å². The fourth-order valence-corrected chi connectivity index (χ4v) is 1.05. The van der Waals surface area contributed by atoms with Gasteiger partial charge in [0.2, 0.25) is 6.41 Å². The number of ether oxygens (including phenoxy) is 1. The monoisotopic (exact) mass is 197 g/mol. The van der Waals surface area contributed by atoms with E-state index in [0.717, 1.165) is 5.69 Å². The molecule has 0 aliphatic rings. The van der Waals surface area contributed by atoms with E-state index in [1.165, 1.54) is 13.4 Å². The molecule has 0 aliphatic carbocycles. The number of carbonyl (C=O) groups excluding carboxylic acids is 2. The normalized spacial score (nSPS) is 11.8. The number of H-pyrrole nitrogens is 1. The molecule has 1 atom stereocenters. The van der Waals surface area contributed by atoms with Gasteiger partial charge in [-0.15, -0.1) is 0 Å². The molecule has 0 aliphatic heterocycles. The van der Waals surface area contributed by atoms with Crippen molar-refractivity contribution in [3.63, 3.8) is 0 Å². The number of nitrogens with zero attached hydrogens (tertiary/aromatic N) is 1. The van der Waals surface area contributed by atoms with E-state index in [9.17, 15) is 9.59 Å². The van der Waals surface area contributed by atoms with Crippen LogP contribution in [0.3, 0.4) is 0 Å². The van der Waals surface area contributed by atoms with E-state index in [-0.39, 0.29) is 0 Å². The second kappa shape index (κ2) is 5.00. The van der Waals surface area contributed by atoms with Gasteiger partial charge in [0.1, 0.15) is 6.04 Å². The largest absolute Gasteiger partial charge is 0.467 e. The highest BCUT2D eigenvalue weighted by Gasteiger charge is 2.18. The van der Waals surface area contributed by atoms with Crippen molar-refractivity contribution in [1.82, 2.24) is 15.3 Å². The van der Waals surface area contributed by atoms with Crippen molar-refractivity contribution in [2.24, 2.45) is 0 Å². The van der Waals surface area contributed by atoms with Gasteiger partial charge in [-0.05, 0) is 0 Å². The Morgan fingerprint density at radius 2 is 2.64 bits per heavy atom. The first-order valence-corrected chi connectivity index (χ1v) is 4.02. The Bertz CT molecular complexity index is 297. The molecule has 0 spiro atoms. The predicted octanol–water partition coefficient (Wildman–Crippen LogP) is -0.760. The lowest BCUT2D eigenvalue weighted by Gasteiger charge is -2.11. The summed E-state index contributed by atoms with van der Waals surface area (Å²) in [4.78, 5) is 28.0. The number of amides is 1. The minimum atomic E-state index is -0.669. The van der Waals surface area contributed by atoms with Crippen molar-refractivity contribution < 1.29 is 14.3 Å². The van der Waals surface area contributed by atoms with Crippen LogP contribution < -0.4 is 5.32 Å². The summed E-state index contributed by atoms with van der Waals surface area (Å²) in [5.41, 5.74) is 0.759. The molecule has 0 fully saturated rings. The van der Waals surface area contributed by atoms with Crippen LogP contribution in [0.1, 0.15) is 5.69 Å². The summed E-state index contributed by atoms with van der Waals surface area (Å²) < 4.78 is 4.52. The molecule has 14 heavy (non-hydrogen) atoms. The lowest BCUT2D eigenvalue weighted by Crippen LogP contribution is -2.38. The SMILES string of the molecule is COC(=O)[C@H](Cc1cnc[nH]1)NC=O. The van der Waals surface area contributed by atoms with E-state index >= 15 is 0 Å². The van der Waals surface area contributed by atoms with E-state index in [2.05, 4.69) is 20.0 Å². The number of rotatable bonds is 5. The summed E-state index contributed by atoms with van der Waals surface area (Å²) >= 11 is 0. The molecule has 0 radical (unpaired) electrons. The molecule has 0 aromatic carbocycles. The van der Waals surface area contributed by atoms with E-state index in [4.69, 9.17) is 0 Å². The van der Waals surface area contributed by atoms with Crippen LogP contribution >= 0.6 is 0 Å². The number of hydrogen-bond donors (Lipinski definition) is 2. The zero-order valence-electron chi connectivity index (χ0n) is 7.69. The first-order chi connectivity index (χ1) is 6.77. The topological polar surface area (TPSA) is 84.1 Å². The zero-order chi connectivity index (χ0) is 10.4. The van der Waals surface area contributed by atoms with E-state index in [1.54, 1.807) is 6.20 Å². The lowest BCUT2D eigenvalue weighted by atomic mass is 10.2. The van der Waals surface area contributed by atoms with Gasteiger partial charge in [0.15, 0.2) is 0 Å². The van der Waals surface area contributed by atoms with E-state index < -0.39 is 12.0 Å². The molecular formula is C8H11N3O3. The minimum Gasteiger partial charge on any atom is -0.467 e. The summed E-state index contributed by atoms with van der Waals surface area (Å²) in [5, 5.41) is 2.37. The molecule has 1 aromatic rings. The van der Waals surface area contributed by atoms with Gasteiger partial charge in [-0.2, -0.15) is 0 Å². The molecule has 0 bridgehead atoms. The van der Waals surface area contributed by atoms with Crippen LogP contribution in [0.2, 0.25) is 0 Å². The Labute approximate surface area is 80.7 Å². The van der Waals surface area contributed by atoms with Crippen LogP contribution in [0.4, 0.5) is 0 Å². The molecule has 1 rings (SSSR count). The standard InChI is InChI=1S/C8H11N3O3/c1-14-8(13)7(11-5-12)2-6-3-9-4-10-6/h3-5,7H,2H2,1H3,(H,9,10)(H,11,12)/t7-/m0/s1. The highest BCUT2D eigenvalue weighted by molar-refractivity contribution is 5.78. The fourth-order valence-electron chi connectivity index (χ4n) is 1.05. The van der Waals surface area contributed by atoms with E-state index in [0.29, 0.717) is 12.8 Å². The van der Waals surface area contributed by atoms with Crippen molar-refractivity contribution in [3.05, 3.63) is 18.2 Å². The number of carbonyl (C=O) groups is 2. The molecule has 2 N–H and O–H groups in total. The van der Waals surface area contributed by atoms with Crippen LogP contribution in [0.25, 0.3) is 0 Å². The molecule has 0 unspecified atom stereocenters. The molecule has 0 saturated carbocycles. The molecular weight excluding hydrogens is 186 g/mol. The number of nitrogens with one attached hydrogen (secondary N) is 2. The van der Waals surface area contributed by atoms with Crippen LogP contribution in [0.15, 0.2) is 12.5 Å². The van der Waals surface area contributed by atoms with Crippen LogP contribution in [0.5, 0.6) is 0 Å². The van der Waals surface area contributed by atoms with Gasteiger partial charge in [-0.1, -0.05) is 0 Å². The Hall–Kier alpha value is -1.85. The van der Waals surface area contributed by atoms with E-state index in [1.807, 2.05) is 0 Å². The molecule has 1 amide bonds. The van der Waals surface area contributed by atoms with Crippen molar-refractivity contribution in [3.8, 4) is 0 Å². The summed E-state index contributed by atoms with van der Waals surface area (Å²) in [6.45, 7) is 0. The smallest absolute Gasteiger partial charge is 0.328 e. The summed E-state index contributed by atoms with van der Waals surface area (Å²) in [7, 11) is 1.27. The molecule has 1 heterocycles. The van der Waals surface area contributed by atoms with Gasteiger partial charge in [0, 0.05) is 18.3 Å². The third kappa shape index (κ3) is 2.58. The highest BCUT2D eigenvalue weighted by Crippen LogP contribution is 1.99. The second-order valence-electron chi connectivity index (χ2n) is 2.64. The first-order valence-electron chi connectivity index (χ1n) is 4.02. The molecule has 6 nitrogen and oxygen atoms in total. The van der Waals surface area contributed by atoms with Gasteiger partial charge >= 0.3 is 5.97 Å². The van der Waals surface area contributed by atoms with Crippen molar-refractivity contribution >= 4 is 12.4 Å². The number of aromatic amines is 1. The average molecular weight is 197 g/mol. The maximum atomic E-state index is 11.2. The third-order valence-electron chi connectivity index (χ3n) is 1.73. The number of methoxy groups -OCH3 is 1. The third-order valence-corrected chi connectivity index (χ3v) is 1.73. The Morgan fingerprint density at radius 3 is 3.14 bits per heavy atom. The maximum Gasteiger partial charge on any atom is 0.328 e. The Kier molecular flexibility index (Phi) is 3.66. The van der Waals surface area contributed by atoms with Crippen LogP contribution in [0, 0.1) is 0 Å². The van der Waals surface area contributed by atoms with Crippen molar-refractivity contribution in [2.45, 2.75) is 12.5 Å². The summed E-state index contributed by atoms with van der Waals surface area (Å²) in [6, 6.07) is -0.669. The summed E-state index contributed by atoms with van der Waals surface area (Å²) in [5.74, 6) is -0.480.